The van der Waals surface area contributed by atoms with E-state index in [2.05, 4.69) is 14.9 Å². The normalized spacial score (nSPS) is 10.1. The number of ether oxygens (including phenoxy) is 1. The van der Waals surface area contributed by atoms with Gasteiger partial charge >= 0.3 is 0 Å². The fourth-order valence-corrected chi connectivity index (χ4v) is 2.11. The van der Waals surface area contributed by atoms with E-state index < -0.39 is 0 Å². The van der Waals surface area contributed by atoms with Crippen LogP contribution in [0.5, 0.6) is 5.75 Å². The molecule has 6 heteroatoms. The molecule has 2 rings (SSSR count). The molecular formula is C14H18Cl2N3O-. The van der Waals surface area contributed by atoms with Gasteiger partial charge in [-0.15, -0.1) is 0 Å². The van der Waals surface area contributed by atoms with Gasteiger partial charge in [-0.2, -0.15) is 0 Å². The standard InChI is InChI=1S/C14H18ClN3O.ClH/c1-19-14-4-3-13(15)9-12(14)10-16-5-2-7-18-8-6-17-11-18;/h3-4,6,8-9,11,16H,2,5,7,10H2,1H3;1H/p-1. The number of imidazole rings is 1. The van der Waals surface area contributed by atoms with Crippen molar-refractivity contribution in [1.82, 2.24) is 14.9 Å². The Bertz CT molecular complexity index is 503. The van der Waals surface area contributed by atoms with E-state index in [4.69, 9.17) is 16.3 Å². The summed E-state index contributed by atoms with van der Waals surface area (Å²) in [7, 11) is 1.67. The molecule has 0 radical (unpaired) electrons. The SMILES string of the molecule is COc1ccc(Cl)cc1CNCCCn1ccnc1.[Cl-]. The second-order valence-corrected chi connectivity index (χ2v) is 4.72. The molecule has 0 unspecified atom stereocenters. The van der Waals surface area contributed by atoms with Gasteiger partial charge in [0.15, 0.2) is 0 Å². The first-order valence-electron chi connectivity index (χ1n) is 6.28. The van der Waals surface area contributed by atoms with Crippen molar-refractivity contribution in [3.8, 4) is 5.75 Å². The fraction of sp³-hybridized carbons (Fsp3) is 0.357. The first kappa shape index (κ1) is 16.8. The van der Waals surface area contributed by atoms with E-state index in [1.807, 2.05) is 30.7 Å². The first-order chi connectivity index (χ1) is 9.29. The lowest BCUT2D eigenvalue weighted by Gasteiger charge is -2.10. The highest BCUT2D eigenvalue weighted by Crippen LogP contribution is 2.22. The van der Waals surface area contributed by atoms with Gasteiger partial charge in [-0.25, -0.2) is 4.98 Å². The Morgan fingerprint density at radius 1 is 1.40 bits per heavy atom. The summed E-state index contributed by atoms with van der Waals surface area (Å²) in [6.45, 7) is 2.67. The van der Waals surface area contributed by atoms with E-state index in [0.29, 0.717) is 0 Å². The Kier molecular flexibility index (Phi) is 7.44. The summed E-state index contributed by atoms with van der Waals surface area (Å²) < 4.78 is 7.38. The Morgan fingerprint density at radius 3 is 2.95 bits per heavy atom. The summed E-state index contributed by atoms with van der Waals surface area (Å²) in [5, 5.41) is 4.13. The van der Waals surface area contributed by atoms with Gasteiger partial charge in [0.25, 0.3) is 0 Å². The highest BCUT2D eigenvalue weighted by atomic mass is 35.5. The van der Waals surface area contributed by atoms with E-state index in [1.54, 1.807) is 13.3 Å². The zero-order chi connectivity index (χ0) is 13.5. The van der Waals surface area contributed by atoms with Crippen LogP contribution >= 0.6 is 11.6 Å². The summed E-state index contributed by atoms with van der Waals surface area (Å²) in [4.78, 5) is 4.01. The van der Waals surface area contributed by atoms with Gasteiger partial charge in [0.05, 0.1) is 13.4 Å². The van der Waals surface area contributed by atoms with Gasteiger partial charge in [0.2, 0.25) is 0 Å². The quantitative estimate of drug-likeness (QED) is 0.715. The van der Waals surface area contributed by atoms with Gasteiger partial charge in [0, 0.05) is 36.1 Å². The van der Waals surface area contributed by atoms with Crippen LogP contribution in [0.1, 0.15) is 12.0 Å². The summed E-state index contributed by atoms with van der Waals surface area (Å²) in [6.07, 6.45) is 6.66. The lowest BCUT2D eigenvalue weighted by Crippen LogP contribution is -3.00. The van der Waals surface area contributed by atoms with E-state index in [0.717, 1.165) is 42.4 Å². The van der Waals surface area contributed by atoms with Crippen LogP contribution in [0.25, 0.3) is 0 Å². The molecule has 0 saturated carbocycles. The maximum Gasteiger partial charge on any atom is 0.123 e. The Labute approximate surface area is 130 Å². The van der Waals surface area contributed by atoms with Crippen molar-refractivity contribution >= 4 is 11.6 Å². The third-order valence-corrected chi connectivity index (χ3v) is 3.12. The summed E-state index contributed by atoms with van der Waals surface area (Å²) in [5.41, 5.74) is 1.08. The van der Waals surface area contributed by atoms with E-state index >= 15 is 0 Å². The summed E-state index contributed by atoms with van der Waals surface area (Å²) in [6, 6.07) is 5.66. The largest absolute Gasteiger partial charge is 1.00 e. The molecule has 20 heavy (non-hydrogen) atoms. The number of aryl methyl sites for hydroxylation is 1. The Balaban J connectivity index is 0.00000200. The van der Waals surface area contributed by atoms with E-state index in [1.165, 1.54) is 0 Å². The topological polar surface area (TPSA) is 39.1 Å². The summed E-state index contributed by atoms with van der Waals surface area (Å²) >= 11 is 5.99. The maximum atomic E-state index is 5.99. The lowest BCUT2D eigenvalue weighted by atomic mass is 10.2. The van der Waals surface area contributed by atoms with Crippen molar-refractivity contribution in [2.45, 2.75) is 19.5 Å². The van der Waals surface area contributed by atoms with Crippen LogP contribution in [-0.4, -0.2) is 23.2 Å². The monoisotopic (exact) mass is 314 g/mol. The van der Waals surface area contributed by atoms with E-state index in [9.17, 15) is 0 Å². The fourth-order valence-electron chi connectivity index (χ4n) is 1.91. The number of aromatic nitrogens is 2. The molecule has 1 aromatic heterocycles. The number of nitrogens with one attached hydrogen (secondary N) is 1. The molecule has 1 N–H and O–H groups in total. The van der Waals surface area contributed by atoms with Crippen LogP contribution in [0.2, 0.25) is 5.02 Å². The molecule has 4 nitrogen and oxygen atoms in total. The zero-order valence-corrected chi connectivity index (χ0v) is 12.9. The minimum atomic E-state index is 0. The van der Waals surface area contributed by atoms with Crippen LogP contribution < -0.4 is 22.5 Å². The van der Waals surface area contributed by atoms with Crippen LogP contribution in [0.3, 0.4) is 0 Å². The highest BCUT2D eigenvalue weighted by Gasteiger charge is 2.03. The average Bonchev–Trinajstić information content (AvgIpc) is 2.92. The molecule has 110 valence electrons. The van der Waals surface area contributed by atoms with Crippen molar-refractivity contribution < 1.29 is 17.1 Å². The number of hydrogen-bond donors (Lipinski definition) is 1. The van der Waals surface area contributed by atoms with Crippen LogP contribution in [0.4, 0.5) is 0 Å². The third-order valence-electron chi connectivity index (χ3n) is 2.89. The minimum absolute atomic E-state index is 0. The van der Waals surface area contributed by atoms with Gasteiger partial charge in [-0.3, -0.25) is 0 Å². The van der Waals surface area contributed by atoms with Gasteiger partial charge in [-0.1, -0.05) is 11.6 Å². The maximum absolute atomic E-state index is 5.99. The molecular weight excluding hydrogens is 297 g/mol. The molecule has 1 aromatic carbocycles. The van der Waals surface area contributed by atoms with Crippen molar-refractivity contribution in [3.05, 3.63) is 47.5 Å². The first-order valence-corrected chi connectivity index (χ1v) is 6.66. The van der Waals surface area contributed by atoms with Gasteiger partial charge in [-0.05, 0) is 31.2 Å². The molecule has 0 bridgehead atoms. The molecule has 1 heterocycles. The highest BCUT2D eigenvalue weighted by molar-refractivity contribution is 6.30. The molecule has 0 fully saturated rings. The number of rotatable bonds is 7. The average molecular weight is 315 g/mol. The van der Waals surface area contributed by atoms with Crippen molar-refractivity contribution in [2.24, 2.45) is 0 Å². The molecule has 0 spiro atoms. The number of hydrogen-bond acceptors (Lipinski definition) is 3. The number of benzene rings is 1. The Hall–Kier alpha value is -1.23. The van der Waals surface area contributed by atoms with Crippen LogP contribution in [0, 0.1) is 0 Å². The molecule has 0 aliphatic carbocycles. The Morgan fingerprint density at radius 2 is 2.25 bits per heavy atom. The zero-order valence-electron chi connectivity index (χ0n) is 11.4. The second-order valence-electron chi connectivity index (χ2n) is 4.29. The lowest BCUT2D eigenvalue weighted by molar-refractivity contribution is -0.00000420. The van der Waals surface area contributed by atoms with Crippen LogP contribution in [-0.2, 0) is 13.1 Å². The van der Waals surface area contributed by atoms with Gasteiger partial charge < -0.3 is 27.0 Å². The number of nitrogens with zero attached hydrogens (tertiary/aromatic N) is 2. The van der Waals surface area contributed by atoms with Crippen molar-refractivity contribution in [3.63, 3.8) is 0 Å². The van der Waals surface area contributed by atoms with Crippen molar-refractivity contribution in [1.29, 1.82) is 0 Å². The number of halogens is 2. The smallest absolute Gasteiger partial charge is 0.123 e. The van der Waals surface area contributed by atoms with Crippen molar-refractivity contribution in [2.75, 3.05) is 13.7 Å². The third kappa shape index (κ3) is 5.04. The predicted octanol–water partition coefficient (Wildman–Crippen LogP) is -0.271. The molecule has 0 saturated heterocycles. The predicted molar refractivity (Wildman–Crippen MR) is 76.6 cm³/mol. The summed E-state index contributed by atoms with van der Waals surface area (Å²) in [5.74, 6) is 0.867. The molecule has 2 aromatic rings. The molecule has 0 amide bonds. The number of methoxy groups -OCH3 is 1. The van der Waals surface area contributed by atoms with E-state index in [-0.39, 0.29) is 12.4 Å². The molecule has 0 aliphatic heterocycles. The molecule has 0 aliphatic rings. The van der Waals surface area contributed by atoms with Gasteiger partial charge in [0.1, 0.15) is 5.75 Å². The minimum Gasteiger partial charge on any atom is -1.00 e. The second kappa shape index (κ2) is 8.84. The molecule has 0 atom stereocenters. The van der Waals surface area contributed by atoms with Crippen LogP contribution in [0.15, 0.2) is 36.9 Å².